The molecule has 0 aliphatic rings. The van der Waals surface area contributed by atoms with Gasteiger partial charge in [-0.3, -0.25) is 4.72 Å². The van der Waals surface area contributed by atoms with Gasteiger partial charge in [-0.2, -0.15) is 4.98 Å². The van der Waals surface area contributed by atoms with Gasteiger partial charge in [-0.1, -0.05) is 12.1 Å². The lowest BCUT2D eigenvalue weighted by atomic mass is 10.2. The Morgan fingerprint density at radius 2 is 1.53 bits per heavy atom. The van der Waals surface area contributed by atoms with Crippen LogP contribution in [0, 0.1) is 6.92 Å². The summed E-state index contributed by atoms with van der Waals surface area (Å²) in [6.45, 7) is 1.85. The monoisotopic (exact) mass is 459 g/mol. The standard InChI is InChI=1S/C21H25N5O5S/c1-13-12-22-21(23-14-10-17(29-2)19(31-4)18(11-14)30-3)25-20(13)24-15-8-6-7-9-16(15)26-32(5,27)28/h6-12,26H,1-5H3,(H2,22,23,24,25). The highest BCUT2D eigenvalue weighted by atomic mass is 32.2. The molecule has 2 aromatic carbocycles. The van der Waals surface area contributed by atoms with Gasteiger partial charge in [-0.15, -0.1) is 0 Å². The van der Waals surface area contributed by atoms with Gasteiger partial charge in [-0.25, -0.2) is 13.4 Å². The molecule has 3 rings (SSSR count). The number of nitrogens with zero attached hydrogens (tertiary/aromatic N) is 2. The largest absolute Gasteiger partial charge is 0.493 e. The maximum atomic E-state index is 11.7. The van der Waals surface area contributed by atoms with Crippen LogP contribution in [0.4, 0.5) is 28.8 Å². The second-order valence-corrected chi connectivity index (χ2v) is 8.56. The van der Waals surface area contributed by atoms with Crippen LogP contribution < -0.4 is 29.6 Å². The lowest BCUT2D eigenvalue weighted by molar-refractivity contribution is 0.324. The summed E-state index contributed by atoms with van der Waals surface area (Å²) in [5.74, 6) is 2.28. The fourth-order valence-corrected chi connectivity index (χ4v) is 3.50. The van der Waals surface area contributed by atoms with E-state index >= 15 is 0 Å². The average Bonchev–Trinajstić information content (AvgIpc) is 2.75. The van der Waals surface area contributed by atoms with E-state index in [1.54, 1.807) is 42.6 Å². The molecule has 0 radical (unpaired) electrons. The minimum absolute atomic E-state index is 0.320. The Morgan fingerprint density at radius 1 is 0.906 bits per heavy atom. The molecule has 0 spiro atoms. The van der Waals surface area contributed by atoms with E-state index in [9.17, 15) is 8.42 Å². The molecule has 3 aromatic rings. The number of sulfonamides is 1. The quantitative estimate of drug-likeness (QED) is 0.440. The Hall–Kier alpha value is -3.73. The Bertz CT molecular complexity index is 1190. The molecule has 0 unspecified atom stereocenters. The van der Waals surface area contributed by atoms with Crippen LogP contribution in [0.1, 0.15) is 5.56 Å². The van der Waals surface area contributed by atoms with Gasteiger partial charge in [0, 0.05) is 29.6 Å². The number of benzene rings is 2. The van der Waals surface area contributed by atoms with Crippen LogP contribution in [0.5, 0.6) is 17.2 Å². The summed E-state index contributed by atoms with van der Waals surface area (Å²) in [5, 5.41) is 6.29. The molecule has 0 atom stereocenters. The van der Waals surface area contributed by atoms with E-state index in [1.807, 2.05) is 6.92 Å². The second kappa shape index (κ2) is 9.60. The number of methoxy groups -OCH3 is 3. The highest BCUT2D eigenvalue weighted by molar-refractivity contribution is 7.92. The van der Waals surface area contributed by atoms with E-state index in [1.165, 1.54) is 21.3 Å². The zero-order valence-corrected chi connectivity index (χ0v) is 19.2. The molecule has 11 heteroatoms. The molecule has 3 N–H and O–H groups in total. The van der Waals surface area contributed by atoms with Crippen molar-refractivity contribution in [1.29, 1.82) is 0 Å². The topological polar surface area (TPSA) is 124 Å². The summed E-state index contributed by atoms with van der Waals surface area (Å²) in [4.78, 5) is 8.86. The number of para-hydroxylation sites is 2. The molecule has 0 aliphatic carbocycles. The minimum atomic E-state index is -3.44. The summed E-state index contributed by atoms with van der Waals surface area (Å²) in [5.41, 5.74) is 2.37. The number of aromatic nitrogens is 2. The van der Waals surface area contributed by atoms with Gasteiger partial charge >= 0.3 is 0 Å². The van der Waals surface area contributed by atoms with Crippen molar-refractivity contribution < 1.29 is 22.6 Å². The van der Waals surface area contributed by atoms with Crippen molar-refractivity contribution in [3.8, 4) is 17.2 Å². The van der Waals surface area contributed by atoms with Crippen molar-refractivity contribution in [3.63, 3.8) is 0 Å². The number of hydrogen-bond donors (Lipinski definition) is 3. The molecule has 32 heavy (non-hydrogen) atoms. The third-order valence-electron chi connectivity index (χ3n) is 4.37. The maximum absolute atomic E-state index is 11.7. The SMILES string of the molecule is COc1cc(Nc2ncc(C)c(Nc3ccccc3NS(C)(=O)=O)n2)cc(OC)c1OC. The molecule has 0 bridgehead atoms. The molecule has 1 aromatic heterocycles. The zero-order chi connectivity index (χ0) is 23.3. The van der Waals surface area contributed by atoms with Gasteiger partial charge in [-0.05, 0) is 19.1 Å². The first-order chi connectivity index (χ1) is 15.2. The van der Waals surface area contributed by atoms with E-state index in [2.05, 4.69) is 25.3 Å². The molecular weight excluding hydrogens is 434 g/mol. The number of hydrogen-bond acceptors (Lipinski definition) is 9. The third-order valence-corrected chi connectivity index (χ3v) is 4.96. The summed E-state index contributed by atoms with van der Waals surface area (Å²) in [6.07, 6.45) is 2.75. The predicted molar refractivity (Wildman–Crippen MR) is 124 cm³/mol. The van der Waals surface area contributed by atoms with E-state index < -0.39 is 10.0 Å². The Labute approximate surface area is 187 Å². The summed E-state index contributed by atoms with van der Waals surface area (Å²) >= 11 is 0. The van der Waals surface area contributed by atoms with Crippen molar-refractivity contribution in [2.75, 3.05) is 42.9 Å². The molecule has 0 fully saturated rings. The van der Waals surface area contributed by atoms with Crippen LogP contribution in [-0.4, -0.2) is 46.0 Å². The van der Waals surface area contributed by atoms with E-state index in [0.717, 1.165) is 11.8 Å². The lowest BCUT2D eigenvalue weighted by Gasteiger charge is -2.16. The Kier molecular flexibility index (Phi) is 6.89. The second-order valence-electron chi connectivity index (χ2n) is 6.81. The first-order valence-electron chi connectivity index (χ1n) is 9.48. The molecule has 170 valence electrons. The van der Waals surface area contributed by atoms with Gasteiger partial charge < -0.3 is 24.8 Å². The van der Waals surface area contributed by atoms with Crippen LogP contribution in [0.2, 0.25) is 0 Å². The van der Waals surface area contributed by atoms with Crippen molar-refractivity contribution in [3.05, 3.63) is 48.2 Å². The molecule has 0 amide bonds. The van der Waals surface area contributed by atoms with E-state index in [4.69, 9.17) is 14.2 Å². The van der Waals surface area contributed by atoms with Gasteiger partial charge in [0.2, 0.25) is 21.7 Å². The Balaban J connectivity index is 1.91. The number of rotatable bonds is 9. The summed E-state index contributed by atoms with van der Waals surface area (Å²) < 4.78 is 41.9. The highest BCUT2D eigenvalue weighted by Gasteiger charge is 2.15. The smallest absolute Gasteiger partial charge is 0.229 e. The molecule has 0 aliphatic heterocycles. The van der Waals surface area contributed by atoms with Crippen LogP contribution in [0.3, 0.4) is 0 Å². The number of aryl methyl sites for hydroxylation is 1. The minimum Gasteiger partial charge on any atom is -0.493 e. The molecular formula is C21H25N5O5S. The fourth-order valence-electron chi connectivity index (χ4n) is 2.92. The van der Waals surface area contributed by atoms with Crippen LogP contribution in [0.15, 0.2) is 42.6 Å². The molecule has 0 saturated carbocycles. The third kappa shape index (κ3) is 5.49. The normalized spacial score (nSPS) is 10.9. The summed E-state index contributed by atoms with van der Waals surface area (Å²) in [7, 11) is 1.16. The number of nitrogens with one attached hydrogen (secondary N) is 3. The molecule has 1 heterocycles. The zero-order valence-electron chi connectivity index (χ0n) is 18.4. The molecule has 10 nitrogen and oxygen atoms in total. The summed E-state index contributed by atoms with van der Waals surface area (Å²) in [6, 6.07) is 10.4. The lowest BCUT2D eigenvalue weighted by Crippen LogP contribution is -2.11. The number of anilines is 5. The van der Waals surface area contributed by atoms with Crippen LogP contribution >= 0.6 is 0 Å². The van der Waals surface area contributed by atoms with Crippen LogP contribution in [0.25, 0.3) is 0 Å². The first-order valence-corrected chi connectivity index (χ1v) is 11.4. The van der Waals surface area contributed by atoms with Crippen molar-refractivity contribution in [1.82, 2.24) is 9.97 Å². The first kappa shape index (κ1) is 22.9. The van der Waals surface area contributed by atoms with Gasteiger partial charge in [0.25, 0.3) is 0 Å². The van der Waals surface area contributed by atoms with Gasteiger partial charge in [0.1, 0.15) is 5.82 Å². The van der Waals surface area contributed by atoms with Gasteiger partial charge in [0.15, 0.2) is 11.5 Å². The highest BCUT2D eigenvalue weighted by Crippen LogP contribution is 2.40. The van der Waals surface area contributed by atoms with Crippen LogP contribution in [-0.2, 0) is 10.0 Å². The number of ether oxygens (including phenoxy) is 3. The van der Waals surface area contributed by atoms with Crippen molar-refractivity contribution in [2.45, 2.75) is 6.92 Å². The predicted octanol–water partition coefficient (Wildman–Crippen LogP) is 3.67. The fraction of sp³-hybridized carbons (Fsp3) is 0.238. The van der Waals surface area contributed by atoms with E-state index in [0.29, 0.717) is 46.1 Å². The van der Waals surface area contributed by atoms with Crippen molar-refractivity contribution >= 4 is 38.9 Å². The Morgan fingerprint density at radius 3 is 2.09 bits per heavy atom. The average molecular weight is 460 g/mol. The van der Waals surface area contributed by atoms with E-state index in [-0.39, 0.29) is 0 Å². The molecule has 0 saturated heterocycles. The van der Waals surface area contributed by atoms with Crippen molar-refractivity contribution in [2.24, 2.45) is 0 Å². The maximum Gasteiger partial charge on any atom is 0.229 e. The van der Waals surface area contributed by atoms with Gasteiger partial charge in [0.05, 0.1) is 39.0 Å².